The number of nitrogens with zero attached hydrogens (tertiary/aromatic N) is 1. The summed E-state index contributed by atoms with van der Waals surface area (Å²) in [5.74, 6) is -0.595. The van der Waals surface area contributed by atoms with Gasteiger partial charge in [0.25, 0.3) is 0 Å². The number of carbonyl (C=O) groups excluding carboxylic acids is 1. The molecule has 0 radical (unpaired) electrons. The Morgan fingerprint density at radius 2 is 2.06 bits per heavy atom. The first-order valence-corrected chi connectivity index (χ1v) is 6.85. The average Bonchev–Trinajstić information content (AvgIpc) is 3.07. The maximum Gasteiger partial charge on any atom is 0.309 e. The SMILES string of the molecule is O=C1C[C@H](C(=O)O)C2(CCN(CC3CC3)CC2)N1. The van der Waals surface area contributed by atoms with Gasteiger partial charge in [0.1, 0.15) is 0 Å². The predicted molar refractivity (Wildman–Crippen MR) is 65.0 cm³/mol. The van der Waals surface area contributed by atoms with Gasteiger partial charge in [0.05, 0.1) is 11.5 Å². The molecule has 3 aliphatic rings. The molecule has 2 aliphatic heterocycles. The van der Waals surface area contributed by atoms with Gasteiger partial charge in [-0.1, -0.05) is 0 Å². The van der Waals surface area contributed by atoms with Gasteiger partial charge in [-0.05, 0) is 31.6 Å². The second kappa shape index (κ2) is 4.23. The minimum absolute atomic E-state index is 0.0990. The lowest BCUT2D eigenvalue weighted by Crippen LogP contribution is -2.55. The molecule has 2 saturated heterocycles. The standard InChI is InChI=1S/C13H20N2O3/c16-11-7-10(12(17)18)13(14-11)3-5-15(6-4-13)8-9-1-2-9/h9-10H,1-8H2,(H,14,16)(H,17,18)/t10-/m1/s1. The van der Waals surface area contributed by atoms with Crippen LogP contribution >= 0.6 is 0 Å². The number of piperidine rings is 1. The number of carboxylic acids is 1. The molecule has 18 heavy (non-hydrogen) atoms. The molecule has 0 aromatic rings. The van der Waals surface area contributed by atoms with Crippen molar-refractivity contribution in [2.45, 2.75) is 37.6 Å². The fourth-order valence-electron chi connectivity index (χ4n) is 3.39. The Balaban J connectivity index is 1.64. The Morgan fingerprint density at radius 1 is 1.39 bits per heavy atom. The van der Waals surface area contributed by atoms with E-state index in [2.05, 4.69) is 10.2 Å². The zero-order chi connectivity index (χ0) is 12.8. The van der Waals surface area contributed by atoms with Gasteiger partial charge in [-0.15, -0.1) is 0 Å². The third-order valence-corrected chi connectivity index (χ3v) is 4.70. The fourth-order valence-corrected chi connectivity index (χ4v) is 3.39. The molecule has 3 fully saturated rings. The van der Waals surface area contributed by atoms with Crippen LogP contribution < -0.4 is 5.32 Å². The van der Waals surface area contributed by atoms with Crippen LogP contribution in [-0.2, 0) is 9.59 Å². The third kappa shape index (κ3) is 2.11. The summed E-state index contributed by atoms with van der Waals surface area (Å²) in [6.07, 6.45) is 4.40. The number of carboxylic acid groups (broad SMARTS) is 1. The van der Waals surface area contributed by atoms with Gasteiger partial charge in [-0.25, -0.2) is 0 Å². The summed E-state index contributed by atoms with van der Waals surface area (Å²) in [4.78, 5) is 25.2. The van der Waals surface area contributed by atoms with E-state index in [0.29, 0.717) is 0 Å². The van der Waals surface area contributed by atoms with Crippen molar-refractivity contribution in [2.24, 2.45) is 11.8 Å². The van der Waals surface area contributed by atoms with Crippen molar-refractivity contribution in [3.05, 3.63) is 0 Å². The summed E-state index contributed by atoms with van der Waals surface area (Å²) in [5, 5.41) is 12.2. The fraction of sp³-hybridized carbons (Fsp3) is 0.846. The number of hydrogen-bond donors (Lipinski definition) is 2. The van der Waals surface area contributed by atoms with Crippen LogP contribution in [0.2, 0.25) is 0 Å². The molecule has 5 heteroatoms. The Bertz CT molecular complexity index is 370. The van der Waals surface area contributed by atoms with Gasteiger partial charge in [0.15, 0.2) is 0 Å². The van der Waals surface area contributed by atoms with Gasteiger partial charge in [-0.2, -0.15) is 0 Å². The summed E-state index contributed by atoms with van der Waals surface area (Å²) in [7, 11) is 0. The van der Waals surface area contributed by atoms with Crippen molar-refractivity contribution < 1.29 is 14.7 Å². The molecule has 1 amide bonds. The Morgan fingerprint density at radius 3 is 2.61 bits per heavy atom. The molecule has 3 rings (SSSR count). The maximum absolute atomic E-state index is 11.5. The van der Waals surface area contributed by atoms with E-state index in [1.807, 2.05) is 0 Å². The number of hydrogen-bond acceptors (Lipinski definition) is 3. The summed E-state index contributed by atoms with van der Waals surface area (Å²) in [6.45, 7) is 2.99. The zero-order valence-corrected chi connectivity index (χ0v) is 10.5. The van der Waals surface area contributed by atoms with Crippen LogP contribution in [0.15, 0.2) is 0 Å². The molecule has 0 aromatic carbocycles. The highest BCUT2D eigenvalue weighted by Gasteiger charge is 2.51. The lowest BCUT2D eigenvalue weighted by molar-refractivity contribution is -0.144. The van der Waals surface area contributed by atoms with E-state index in [1.54, 1.807) is 0 Å². The molecule has 1 saturated carbocycles. The van der Waals surface area contributed by atoms with Crippen LogP contribution in [-0.4, -0.2) is 47.1 Å². The summed E-state index contributed by atoms with van der Waals surface area (Å²) < 4.78 is 0. The second-order valence-corrected chi connectivity index (χ2v) is 6.04. The van der Waals surface area contributed by atoms with Crippen LogP contribution in [0.25, 0.3) is 0 Å². The van der Waals surface area contributed by atoms with Crippen LogP contribution in [0.1, 0.15) is 32.1 Å². The second-order valence-electron chi connectivity index (χ2n) is 6.04. The lowest BCUT2D eigenvalue weighted by atomic mass is 9.77. The maximum atomic E-state index is 11.5. The van der Waals surface area contributed by atoms with Crippen molar-refractivity contribution in [1.82, 2.24) is 10.2 Å². The van der Waals surface area contributed by atoms with E-state index in [4.69, 9.17) is 0 Å². The first-order valence-electron chi connectivity index (χ1n) is 6.85. The Hall–Kier alpha value is -1.10. The summed E-state index contributed by atoms with van der Waals surface area (Å²) >= 11 is 0. The van der Waals surface area contributed by atoms with Crippen molar-refractivity contribution >= 4 is 11.9 Å². The number of rotatable bonds is 3. The molecule has 0 bridgehead atoms. The van der Waals surface area contributed by atoms with Crippen LogP contribution in [0.3, 0.4) is 0 Å². The third-order valence-electron chi connectivity index (χ3n) is 4.70. The first-order chi connectivity index (χ1) is 8.59. The normalized spacial score (nSPS) is 31.6. The molecule has 0 aromatic heterocycles. The van der Waals surface area contributed by atoms with Gasteiger partial charge in [0, 0.05) is 26.1 Å². The molecule has 1 atom stereocenters. The Labute approximate surface area is 107 Å². The van der Waals surface area contributed by atoms with Crippen molar-refractivity contribution in [3.8, 4) is 0 Å². The largest absolute Gasteiger partial charge is 0.481 e. The van der Waals surface area contributed by atoms with Crippen molar-refractivity contribution in [3.63, 3.8) is 0 Å². The van der Waals surface area contributed by atoms with Gasteiger partial charge in [0.2, 0.25) is 5.91 Å². The van der Waals surface area contributed by atoms with E-state index in [1.165, 1.54) is 12.8 Å². The number of aliphatic carboxylic acids is 1. The molecule has 2 heterocycles. The van der Waals surface area contributed by atoms with Crippen LogP contribution in [0.5, 0.6) is 0 Å². The molecular formula is C13H20N2O3. The average molecular weight is 252 g/mol. The number of amides is 1. The van der Waals surface area contributed by atoms with E-state index in [9.17, 15) is 14.7 Å². The van der Waals surface area contributed by atoms with Crippen molar-refractivity contribution in [1.29, 1.82) is 0 Å². The molecular weight excluding hydrogens is 232 g/mol. The highest BCUT2D eigenvalue weighted by Crippen LogP contribution is 2.38. The van der Waals surface area contributed by atoms with Gasteiger partial charge >= 0.3 is 5.97 Å². The predicted octanol–water partition coefficient (Wildman–Crippen LogP) is 0.452. The number of likely N-dealkylation sites (tertiary alicyclic amines) is 1. The molecule has 1 spiro atoms. The van der Waals surface area contributed by atoms with E-state index in [-0.39, 0.29) is 12.3 Å². The quantitative estimate of drug-likeness (QED) is 0.765. The molecule has 0 unspecified atom stereocenters. The zero-order valence-electron chi connectivity index (χ0n) is 10.5. The topological polar surface area (TPSA) is 69.6 Å². The van der Waals surface area contributed by atoms with E-state index < -0.39 is 17.4 Å². The smallest absolute Gasteiger partial charge is 0.309 e. The van der Waals surface area contributed by atoms with Crippen LogP contribution in [0, 0.1) is 11.8 Å². The summed E-state index contributed by atoms with van der Waals surface area (Å²) in [6, 6.07) is 0. The van der Waals surface area contributed by atoms with E-state index >= 15 is 0 Å². The minimum atomic E-state index is -0.830. The monoisotopic (exact) mass is 252 g/mol. The lowest BCUT2D eigenvalue weighted by Gasteiger charge is -2.41. The highest BCUT2D eigenvalue weighted by molar-refractivity contribution is 5.88. The highest BCUT2D eigenvalue weighted by atomic mass is 16.4. The van der Waals surface area contributed by atoms with Crippen molar-refractivity contribution in [2.75, 3.05) is 19.6 Å². The van der Waals surface area contributed by atoms with Gasteiger partial charge < -0.3 is 15.3 Å². The van der Waals surface area contributed by atoms with Crippen LogP contribution in [0.4, 0.5) is 0 Å². The Kier molecular flexibility index (Phi) is 2.81. The van der Waals surface area contributed by atoms with Gasteiger partial charge in [-0.3, -0.25) is 9.59 Å². The molecule has 5 nitrogen and oxygen atoms in total. The number of carbonyl (C=O) groups is 2. The summed E-state index contributed by atoms with van der Waals surface area (Å²) in [5.41, 5.74) is -0.469. The minimum Gasteiger partial charge on any atom is -0.481 e. The molecule has 2 N–H and O–H groups in total. The molecule has 1 aliphatic carbocycles. The number of nitrogens with one attached hydrogen (secondary N) is 1. The van der Waals surface area contributed by atoms with E-state index in [0.717, 1.165) is 38.4 Å². The molecule has 100 valence electrons. The first kappa shape index (κ1) is 12.0.